The topological polar surface area (TPSA) is 119 Å². The van der Waals surface area contributed by atoms with Crippen molar-refractivity contribution in [2.45, 2.75) is 118 Å². The van der Waals surface area contributed by atoms with Crippen LogP contribution in [0.3, 0.4) is 0 Å². The standard InChI is InChI=1S/C35H50O8/c1-19(7-8-23-15-25(39)9-12-30(23)40)27-10-11-28-33-29(18-32(35(27,28)6)43-22(4)38)34(5)14-13-26(41-20(2)36)16-24(34)17-31(33)42-21(3)37/h9,12,15,19,24,26-29,31-33,39-40H,7-8,10-11,13-14,16-18H2,1-6H3/t19-,24+,26-,27-,28+,29+,31-,32+,33+,34+,35-/m1/s1. The lowest BCUT2D eigenvalue weighted by atomic mass is 9.43. The predicted octanol–water partition coefficient (Wildman–Crippen LogP) is 6.34. The van der Waals surface area contributed by atoms with Crippen molar-refractivity contribution in [2.24, 2.45) is 46.3 Å². The van der Waals surface area contributed by atoms with Crippen LogP contribution in [0.15, 0.2) is 18.2 Å². The molecular formula is C35H50O8. The molecule has 0 aliphatic heterocycles. The van der Waals surface area contributed by atoms with Gasteiger partial charge >= 0.3 is 17.9 Å². The molecule has 1 aromatic rings. The minimum Gasteiger partial charge on any atom is -0.508 e. The van der Waals surface area contributed by atoms with Gasteiger partial charge in [0.1, 0.15) is 29.8 Å². The van der Waals surface area contributed by atoms with Crippen LogP contribution in [0.2, 0.25) is 0 Å². The van der Waals surface area contributed by atoms with E-state index in [0.717, 1.165) is 56.9 Å². The van der Waals surface area contributed by atoms with Gasteiger partial charge in [0, 0.05) is 32.1 Å². The monoisotopic (exact) mass is 598 g/mol. The Morgan fingerprint density at radius 1 is 0.907 bits per heavy atom. The lowest BCUT2D eigenvalue weighted by molar-refractivity contribution is -0.224. The Balaban J connectivity index is 1.46. The molecule has 8 heteroatoms. The lowest BCUT2D eigenvalue weighted by Crippen LogP contribution is -2.63. The molecule has 43 heavy (non-hydrogen) atoms. The van der Waals surface area contributed by atoms with Crippen molar-refractivity contribution in [1.82, 2.24) is 0 Å². The molecule has 0 amide bonds. The fourth-order valence-electron chi connectivity index (χ4n) is 10.5. The Bertz CT molecular complexity index is 1230. The predicted molar refractivity (Wildman–Crippen MR) is 160 cm³/mol. The van der Waals surface area contributed by atoms with Crippen LogP contribution in [0.25, 0.3) is 0 Å². The van der Waals surface area contributed by atoms with Gasteiger partial charge in [0.2, 0.25) is 0 Å². The zero-order valence-corrected chi connectivity index (χ0v) is 26.6. The zero-order chi connectivity index (χ0) is 31.3. The van der Waals surface area contributed by atoms with Gasteiger partial charge in [0.25, 0.3) is 0 Å². The molecule has 0 spiro atoms. The van der Waals surface area contributed by atoms with Crippen LogP contribution in [-0.4, -0.2) is 46.4 Å². The number of fused-ring (bicyclic) bond motifs is 5. The molecule has 4 saturated carbocycles. The van der Waals surface area contributed by atoms with E-state index in [1.807, 2.05) is 0 Å². The molecule has 8 nitrogen and oxygen atoms in total. The number of aromatic hydroxyl groups is 2. The van der Waals surface area contributed by atoms with Gasteiger partial charge in [-0.2, -0.15) is 0 Å². The van der Waals surface area contributed by atoms with Crippen LogP contribution in [0.4, 0.5) is 0 Å². The summed E-state index contributed by atoms with van der Waals surface area (Å²) in [6.07, 6.45) is 6.85. The third-order valence-corrected chi connectivity index (χ3v) is 12.3. The van der Waals surface area contributed by atoms with Gasteiger partial charge in [-0.1, -0.05) is 20.8 Å². The second kappa shape index (κ2) is 12.0. The maximum Gasteiger partial charge on any atom is 0.302 e. The van der Waals surface area contributed by atoms with E-state index in [2.05, 4.69) is 20.8 Å². The number of ether oxygens (including phenoxy) is 3. The van der Waals surface area contributed by atoms with Gasteiger partial charge in [-0.3, -0.25) is 14.4 Å². The summed E-state index contributed by atoms with van der Waals surface area (Å²) in [6.45, 7) is 11.4. The third-order valence-electron chi connectivity index (χ3n) is 12.3. The second-order valence-corrected chi connectivity index (χ2v) is 14.6. The fourth-order valence-corrected chi connectivity index (χ4v) is 10.5. The quantitative estimate of drug-likeness (QED) is 0.212. The molecule has 0 saturated heterocycles. The molecule has 0 bridgehead atoms. The summed E-state index contributed by atoms with van der Waals surface area (Å²) < 4.78 is 18.1. The summed E-state index contributed by atoms with van der Waals surface area (Å²) in [5, 5.41) is 20.3. The van der Waals surface area contributed by atoms with Crippen LogP contribution < -0.4 is 0 Å². The molecule has 0 heterocycles. The molecular weight excluding hydrogens is 548 g/mol. The first kappa shape index (κ1) is 31.6. The average molecular weight is 599 g/mol. The highest BCUT2D eigenvalue weighted by atomic mass is 16.6. The van der Waals surface area contributed by atoms with E-state index in [9.17, 15) is 24.6 Å². The summed E-state index contributed by atoms with van der Waals surface area (Å²) in [5.41, 5.74) is 0.412. The highest BCUT2D eigenvalue weighted by Gasteiger charge is 2.67. The second-order valence-electron chi connectivity index (χ2n) is 14.6. The van der Waals surface area contributed by atoms with Crippen molar-refractivity contribution in [3.05, 3.63) is 23.8 Å². The molecule has 11 atom stereocenters. The first-order chi connectivity index (χ1) is 20.2. The Morgan fingerprint density at radius 3 is 2.28 bits per heavy atom. The van der Waals surface area contributed by atoms with E-state index in [4.69, 9.17) is 14.2 Å². The summed E-state index contributed by atoms with van der Waals surface area (Å²) in [5.74, 6) is 0.962. The minimum atomic E-state index is -0.288. The first-order valence-electron chi connectivity index (χ1n) is 16.3. The fraction of sp³-hybridized carbons (Fsp3) is 0.743. The van der Waals surface area contributed by atoms with E-state index >= 15 is 0 Å². The number of carbonyl (C=O) groups excluding carboxylic acids is 3. The molecule has 0 aromatic heterocycles. The van der Waals surface area contributed by atoms with Crippen molar-refractivity contribution >= 4 is 17.9 Å². The van der Waals surface area contributed by atoms with Crippen molar-refractivity contribution in [2.75, 3.05) is 0 Å². The van der Waals surface area contributed by atoms with Gasteiger partial charge < -0.3 is 24.4 Å². The number of hydrogen-bond acceptors (Lipinski definition) is 8. The Hall–Kier alpha value is -2.77. The van der Waals surface area contributed by atoms with Gasteiger partial charge in [0.15, 0.2) is 0 Å². The molecule has 1 aromatic carbocycles. The van der Waals surface area contributed by atoms with Crippen LogP contribution in [0, 0.1) is 46.3 Å². The molecule has 2 N–H and O–H groups in total. The van der Waals surface area contributed by atoms with Crippen molar-refractivity contribution in [1.29, 1.82) is 0 Å². The van der Waals surface area contributed by atoms with E-state index in [1.165, 1.54) is 32.9 Å². The first-order valence-corrected chi connectivity index (χ1v) is 16.3. The Kier molecular flexibility index (Phi) is 8.80. The average Bonchev–Trinajstić information content (AvgIpc) is 3.27. The molecule has 0 radical (unpaired) electrons. The number of esters is 3. The molecule has 238 valence electrons. The summed E-state index contributed by atoms with van der Waals surface area (Å²) in [7, 11) is 0. The molecule has 4 aliphatic carbocycles. The van der Waals surface area contributed by atoms with Crippen LogP contribution >= 0.6 is 0 Å². The van der Waals surface area contributed by atoms with E-state index in [1.54, 1.807) is 6.07 Å². The Morgan fingerprint density at radius 2 is 1.60 bits per heavy atom. The maximum absolute atomic E-state index is 12.6. The lowest BCUT2D eigenvalue weighted by Gasteiger charge is -2.64. The number of aryl methyl sites for hydroxylation is 1. The smallest absolute Gasteiger partial charge is 0.302 e. The number of benzene rings is 1. The highest BCUT2D eigenvalue weighted by molar-refractivity contribution is 5.67. The normalized spacial score (nSPS) is 39.0. The number of hydrogen-bond donors (Lipinski definition) is 2. The van der Waals surface area contributed by atoms with Gasteiger partial charge in [-0.15, -0.1) is 0 Å². The number of phenols is 2. The SMILES string of the molecule is CC(=O)O[C@@H]1CC[C@@]2(C)[C@@H](C1)C[C@@H](OC(C)=O)[C@@H]1[C@@H]2C[C@H](OC(C)=O)[C@]2(C)[C@@H]([C@H](C)CCc3cc(O)ccc3O)CC[C@@H]12. The highest BCUT2D eigenvalue weighted by Crippen LogP contribution is 2.69. The minimum absolute atomic E-state index is 0.0335. The molecule has 5 rings (SSSR count). The van der Waals surface area contributed by atoms with Gasteiger partial charge in [-0.25, -0.2) is 0 Å². The van der Waals surface area contributed by atoms with Crippen molar-refractivity contribution in [3.63, 3.8) is 0 Å². The van der Waals surface area contributed by atoms with Gasteiger partial charge in [-0.05, 0) is 117 Å². The van der Waals surface area contributed by atoms with Gasteiger partial charge in [0.05, 0.1) is 0 Å². The summed E-state index contributed by atoms with van der Waals surface area (Å²) in [6, 6.07) is 4.66. The van der Waals surface area contributed by atoms with Crippen LogP contribution in [-0.2, 0) is 35.0 Å². The van der Waals surface area contributed by atoms with E-state index < -0.39 is 0 Å². The Labute approximate surface area is 255 Å². The molecule has 4 aliphatic rings. The van der Waals surface area contributed by atoms with Crippen molar-refractivity contribution in [3.8, 4) is 11.5 Å². The summed E-state index contributed by atoms with van der Waals surface area (Å²) >= 11 is 0. The largest absolute Gasteiger partial charge is 0.508 e. The number of phenolic OH excluding ortho intramolecular Hbond substituents is 2. The van der Waals surface area contributed by atoms with Crippen LogP contribution in [0.1, 0.15) is 98.5 Å². The number of rotatable bonds is 7. The molecule has 4 fully saturated rings. The number of carbonyl (C=O) groups is 3. The van der Waals surface area contributed by atoms with E-state index in [-0.39, 0.29) is 94.1 Å². The maximum atomic E-state index is 12.6. The van der Waals surface area contributed by atoms with Crippen molar-refractivity contribution < 1.29 is 38.8 Å². The zero-order valence-electron chi connectivity index (χ0n) is 26.6. The summed E-state index contributed by atoms with van der Waals surface area (Å²) in [4.78, 5) is 36.8. The molecule has 0 unspecified atom stereocenters. The van der Waals surface area contributed by atoms with E-state index in [0.29, 0.717) is 6.42 Å². The van der Waals surface area contributed by atoms with Crippen LogP contribution in [0.5, 0.6) is 11.5 Å². The third kappa shape index (κ3) is 5.87.